The van der Waals surface area contributed by atoms with Gasteiger partial charge in [0, 0.05) is 10.9 Å². The number of rotatable bonds is 7. The number of nitrogens with one attached hydrogen (secondary N) is 2. The van der Waals surface area contributed by atoms with Gasteiger partial charge in [-0.15, -0.1) is 0 Å². The van der Waals surface area contributed by atoms with Gasteiger partial charge in [0.2, 0.25) is 5.78 Å². The standard InChI is InChI=1S/C24H22N4O2/c1-15-10-21(28-23(15)13-26-16(2)25)24(29)22-12-18-11-19(8-9-20(18)27-22)30-14-17-6-4-3-5-7-17/h3-13,27-28H,2,14,25H2,1H3. The van der Waals surface area contributed by atoms with Crippen LogP contribution < -0.4 is 10.5 Å². The second-order valence-corrected chi connectivity index (χ2v) is 7.06. The highest BCUT2D eigenvalue weighted by Gasteiger charge is 2.16. The zero-order valence-electron chi connectivity index (χ0n) is 16.6. The van der Waals surface area contributed by atoms with Crippen LogP contribution in [0.25, 0.3) is 10.9 Å². The van der Waals surface area contributed by atoms with Gasteiger partial charge in [-0.3, -0.25) is 4.79 Å². The number of aliphatic imine (C=N–C) groups is 1. The Kier molecular flexibility index (Phi) is 5.22. The van der Waals surface area contributed by atoms with Gasteiger partial charge < -0.3 is 20.4 Å². The van der Waals surface area contributed by atoms with Crippen LogP contribution in [0.1, 0.15) is 33.0 Å². The van der Waals surface area contributed by atoms with Crippen molar-refractivity contribution in [1.29, 1.82) is 0 Å². The van der Waals surface area contributed by atoms with E-state index in [0.717, 1.165) is 33.5 Å². The molecule has 150 valence electrons. The lowest BCUT2D eigenvalue weighted by molar-refractivity contribution is 0.103. The molecule has 2 aromatic heterocycles. The molecule has 0 amide bonds. The summed E-state index contributed by atoms with van der Waals surface area (Å²) in [5, 5.41) is 0.911. The van der Waals surface area contributed by atoms with Crippen molar-refractivity contribution in [3.8, 4) is 5.75 Å². The summed E-state index contributed by atoms with van der Waals surface area (Å²) in [4.78, 5) is 23.2. The van der Waals surface area contributed by atoms with E-state index in [1.54, 1.807) is 12.3 Å². The summed E-state index contributed by atoms with van der Waals surface area (Å²) in [6.07, 6.45) is 1.57. The van der Waals surface area contributed by atoms with Crippen molar-refractivity contribution >= 4 is 22.9 Å². The molecular formula is C24H22N4O2. The number of H-pyrrole nitrogens is 2. The smallest absolute Gasteiger partial charge is 0.225 e. The molecule has 6 nitrogen and oxygen atoms in total. The number of aryl methyl sites for hydroxylation is 1. The summed E-state index contributed by atoms with van der Waals surface area (Å²) in [5.74, 6) is 0.825. The average Bonchev–Trinajstić information content (AvgIpc) is 3.34. The van der Waals surface area contributed by atoms with E-state index in [9.17, 15) is 4.79 Å². The Labute approximate surface area is 174 Å². The number of aromatic amines is 2. The SMILES string of the molecule is C=C(N)N=Cc1[nH]c(C(=O)c2cc3cc(OCc4ccccc4)ccc3[nH]2)cc1C. The van der Waals surface area contributed by atoms with Crippen LogP contribution in [-0.4, -0.2) is 22.0 Å². The van der Waals surface area contributed by atoms with Crippen LogP contribution in [0.15, 0.2) is 78.1 Å². The third-order valence-electron chi connectivity index (χ3n) is 4.74. The highest BCUT2D eigenvalue weighted by Crippen LogP contribution is 2.24. The van der Waals surface area contributed by atoms with Crippen molar-refractivity contribution < 1.29 is 9.53 Å². The minimum atomic E-state index is -0.132. The molecule has 2 aromatic carbocycles. The molecule has 0 unspecified atom stereocenters. The number of nitrogens with two attached hydrogens (primary N) is 1. The van der Waals surface area contributed by atoms with Crippen molar-refractivity contribution in [1.82, 2.24) is 9.97 Å². The van der Waals surface area contributed by atoms with Crippen LogP contribution in [0.4, 0.5) is 0 Å². The molecule has 4 N–H and O–H groups in total. The zero-order chi connectivity index (χ0) is 21.1. The van der Waals surface area contributed by atoms with Gasteiger partial charge >= 0.3 is 0 Å². The van der Waals surface area contributed by atoms with Crippen LogP contribution >= 0.6 is 0 Å². The van der Waals surface area contributed by atoms with Gasteiger partial charge in [-0.05, 0) is 48.4 Å². The Balaban J connectivity index is 1.54. The van der Waals surface area contributed by atoms with E-state index in [4.69, 9.17) is 10.5 Å². The molecule has 0 saturated heterocycles. The van der Waals surface area contributed by atoms with E-state index in [0.29, 0.717) is 18.0 Å². The van der Waals surface area contributed by atoms with E-state index in [2.05, 4.69) is 21.5 Å². The molecule has 0 saturated carbocycles. The van der Waals surface area contributed by atoms with Crippen LogP contribution in [0.3, 0.4) is 0 Å². The second kappa shape index (κ2) is 8.13. The molecule has 2 heterocycles. The number of ketones is 1. The summed E-state index contributed by atoms with van der Waals surface area (Å²) in [7, 11) is 0. The first-order chi connectivity index (χ1) is 14.5. The van der Waals surface area contributed by atoms with Gasteiger partial charge in [0.1, 0.15) is 18.2 Å². The first kappa shape index (κ1) is 19.3. The number of hydrogen-bond donors (Lipinski definition) is 3. The predicted octanol–water partition coefficient (Wildman–Crippen LogP) is 4.46. The number of aromatic nitrogens is 2. The van der Waals surface area contributed by atoms with Gasteiger partial charge in [0.25, 0.3) is 0 Å². The molecule has 0 atom stereocenters. The van der Waals surface area contributed by atoms with Gasteiger partial charge in [0.05, 0.1) is 23.3 Å². The summed E-state index contributed by atoms with van der Waals surface area (Å²) in [5.41, 5.74) is 10.0. The first-order valence-corrected chi connectivity index (χ1v) is 9.52. The number of fused-ring (bicyclic) bond motifs is 1. The lowest BCUT2D eigenvalue weighted by Gasteiger charge is -2.06. The minimum absolute atomic E-state index is 0.132. The second-order valence-electron chi connectivity index (χ2n) is 7.06. The number of nitrogens with zero attached hydrogens (tertiary/aromatic N) is 1. The fourth-order valence-electron chi connectivity index (χ4n) is 3.19. The molecule has 6 heteroatoms. The molecule has 0 radical (unpaired) electrons. The molecule has 30 heavy (non-hydrogen) atoms. The summed E-state index contributed by atoms with van der Waals surface area (Å²) in [6.45, 7) is 5.92. The number of benzene rings is 2. The maximum absolute atomic E-state index is 12.9. The summed E-state index contributed by atoms with van der Waals surface area (Å²) < 4.78 is 5.88. The van der Waals surface area contributed by atoms with Crippen LogP contribution in [0.2, 0.25) is 0 Å². The molecule has 0 spiro atoms. The maximum atomic E-state index is 12.9. The maximum Gasteiger partial charge on any atom is 0.225 e. The zero-order valence-corrected chi connectivity index (χ0v) is 16.6. The normalized spacial score (nSPS) is 11.2. The Morgan fingerprint density at radius 1 is 1.10 bits per heavy atom. The van der Waals surface area contributed by atoms with Crippen molar-refractivity contribution in [3.63, 3.8) is 0 Å². The molecule has 0 aliphatic rings. The van der Waals surface area contributed by atoms with E-state index < -0.39 is 0 Å². The Morgan fingerprint density at radius 2 is 1.87 bits per heavy atom. The lowest BCUT2D eigenvalue weighted by Crippen LogP contribution is -2.02. The molecule has 0 aliphatic carbocycles. The molecule has 4 rings (SSSR count). The Morgan fingerprint density at radius 3 is 2.63 bits per heavy atom. The van der Waals surface area contributed by atoms with Crippen molar-refractivity contribution in [2.45, 2.75) is 13.5 Å². The van der Waals surface area contributed by atoms with E-state index in [-0.39, 0.29) is 11.6 Å². The fourth-order valence-corrected chi connectivity index (χ4v) is 3.19. The molecule has 4 aromatic rings. The van der Waals surface area contributed by atoms with Crippen molar-refractivity contribution in [2.24, 2.45) is 10.7 Å². The van der Waals surface area contributed by atoms with Gasteiger partial charge in [-0.2, -0.15) is 0 Å². The largest absolute Gasteiger partial charge is 0.489 e. The third kappa shape index (κ3) is 4.17. The fraction of sp³-hybridized carbons (Fsp3) is 0.0833. The van der Waals surface area contributed by atoms with Crippen LogP contribution in [0, 0.1) is 6.92 Å². The monoisotopic (exact) mass is 398 g/mol. The van der Waals surface area contributed by atoms with Gasteiger partial charge in [0.15, 0.2) is 0 Å². The molecular weight excluding hydrogens is 376 g/mol. The van der Waals surface area contributed by atoms with Crippen LogP contribution in [-0.2, 0) is 6.61 Å². The van der Waals surface area contributed by atoms with Crippen molar-refractivity contribution in [2.75, 3.05) is 0 Å². The number of carbonyl (C=O) groups excluding carboxylic acids is 1. The highest BCUT2D eigenvalue weighted by molar-refractivity contribution is 6.09. The average molecular weight is 398 g/mol. The predicted molar refractivity (Wildman–Crippen MR) is 119 cm³/mol. The van der Waals surface area contributed by atoms with E-state index in [1.807, 2.05) is 61.5 Å². The van der Waals surface area contributed by atoms with E-state index in [1.165, 1.54) is 0 Å². The van der Waals surface area contributed by atoms with Crippen molar-refractivity contribution in [3.05, 3.63) is 101 Å². The number of carbonyl (C=O) groups is 1. The Hall–Kier alpha value is -4.06. The number of ether oxygens (including phenoxy) is 1. The first-order valence-electron chi connectivity index (χ1n) is 9.52. The highest BCUT2D eigenvalue weighted by atomic mass is 16.5. The molecule has 0 fully saturated rings. The van der Waals surface area contributed by atoms with Crippen LogP contribution in [0.5, 0.6) is 5.75 Å². The quantitative estimate of drug-likeness (QED) is 0.317. The lowest BCUT2D eigenvalue weighted by atomic mass is 10.2. The van der Waals surface area contributed by atoms with Gasteiger partial charge in [-0.25, -0.2) is 4.99 Å². The minimum Gasteiger partial charge on any atom is -0.489 e. The summed E-state index contributed by atoms with van der Waals surface area (Å²) in [6, 6.07) is 19.3. The number of hydrogen-bond acceptors (Lipinski definition) is 4. The topological polar surface area (TPSA) is 96.3 Å². The summed E-state index contributed by atoms with van der Waals surface area (Å²) >= 11 is 0. The molecule has 0 aliphatic heterocycles. The van der Waals surface area contributed by atoms with E-state index >= 15 is 0 Å². The molecule has 0 bridgehead atoms. The third-order valence-corrected chi connectivity index (χ3v) is 4.74. The van der Waals surface area contributed by atoms with Gasteiger partial charge in [-0.1, -0.05) is 36.9 Å². The Bertz CT molecular complexity index is 1250.